The zero-order valence-corrected chi connectivity index (χ0v) is 27.5. The van der Waals surface area contributed by atoms with E-state index in [2.05, 4.69) is 20.1 Å². The predicted molar refractivity (Wildman–Crippen MR) is 176 cm³/mol. The molecule has 1 spiro atoms. The number of hydrogen-bond donors (Lipinski definition) is 1. The number of anilines is 1. The first-order chi connectivity index (χ1) is 21.7. The molecule has 3 saturated heterocycles. The number of benzene rings is 1. The Morgan fingerprint density at radius 3 is 2.38 bits per heavy atom. The van der Waals surface area contributed by atoms with Gasteiger partial charge in [-0.15, -0.1) is 13.2 Å². The van der Waals surface area contributed by atoms with Gasteiger partial charge in [0.25, 0.3) is 0 Å². The first kappa shape index (κ1) is 34.7. The Balaban J connectivity index is 1.71. The van der Waals surface area contributed by atoms with E-state index in [1.165, 1.54) is 0 Å². The summed E-state index contributed by atoms with van der Waals surface area (Å²) in [7, 11) is 0. The van der Waals surface area contributed by atoms with Crippen LogP contribution >= 0.6 is 0 Å². The Bertz CT molecular complexity index is 1200. The van der Waals surface area contributed by atoms with Gasteiger partial charge in [0.05, 0.1) is 24.0 Å². The molecule has 45 heavy (non-hydrogen) atoms. The van der Waals surface area contributed by atoms with Crippen molar-refractivity contribution in [1.82, 2.24) is 9.80 Å². The van der Waals surface area contributed by atoms with Gasteiger partial charge in [-0.1, -0.05) is 44.8 Å². The van der Waals surface area contributed by atoms with Crippen LogP contribution in [0.15, 0.2) is 49.6 Å². The van der Waals surface area contributed by atoms with Crippen molar-refractivity contribution in [3.8, 4) is 5.75 Å². The van der Waals surface area contributed by atoms with Gasteiger partial charge in [0.15, 0.2) is 0 Å². The monoisotopic (exact) mass is 623 g/mol. The summed E-state index contributed by atoms with van der Waals surface area (Å²) in [4.78, 5) is 48.9. The first-order valence-corrected chi connectivity index (χ1v) is 16.9. The molecule has 3 aliphatic rings. The van der Waals surface area contributed by atoms with Crippen LogP contribution in [-0.2, 0) is 19.1 Å². The molecule has 2 unspecified atom stereocenters. The van der Waals surface area contributed by atoms with Crippen molar-refractivity contribution in [1.29, 1.82) is 0 Å². The van der Waals surface area contributed by atoms with Crippen molar-refractivity contribution in [3.63, 3.8) is 0 Å². The number of carbonyl (C=O) groups excluding carboxylic acids is 3. The number of aliphatic hydroxyl groups is 1. The fourth-order valence-corrected chi connectivity index (χ4v) is 7.75. The smallest absolute Gasteiger partial charge is 0.248 e. The van der Waals surface area contributed by atoms with E-state index in [1.807, 2.05) is 43.0 Å². The summed E-state index contributed by atoms with van der Waals surface area (Å²) in [6, 6.07) is 6.58. The maximum atomic E-state index is 14.6. The molecule has 0 aliphatic carbocycles. The van der Waals surface area contributed by atoms with E-state index in [0.717, 1.165) is 32.1 Å². The van der Waals surface area contributed by atoms with Crippen LogP contribution in [0, 0.1) is 11.8 Å². The molecule has 3 fully saturated rings. The summed E-state index contributed by atoms with van der Waals surface area (Å²) in [6.07, 6.45) is 10.6. The molecule has 0 aromatic heterocycles. The number of amides is 3. The lowest BCUT2D eigenvalue weighted by Gasteiger charge is -2.37. The quantitative estimate of drug-likeness (QED) is 0.170. The number of rotatable bonds is 19. The third-order valence-electron chi connectivity index (χ3n) is 9.81. The summed E-state index contributed by atoms with van der Waals surface area (Å²) < 4.78 is 12.5. The Hall–Kier alpha value is -3.17. The highest BCUT2D eigenvalue weighted by Crippen LogP contribution is 2.63. The van der Waals surface area contributed by atoms with Gasteiger partial charge in [-0.05, 0) is 70.2 Å². The Morgan fingerprint density at radius 1 is 1.02 bits per heavy atom. The molecule has 9 heteroatoms. The van der Waals surface area contributed by atoms with E-state index in [9.17, 15) is 19.5 Å². The number of hydrogen-bond acceptors (Lipinski definition) is 6. The van der Waals surface area contributed by atoms with Gasteiger partial charge < -0.3 is 29.3 Å². The van der Waals surface area contributed by atoms with E-state index in [0.29, 0.717) is 63.4 Å². The van der Waals surface area contributed by atoms with E-state index in [1.54, 1.807) is 22.0 Å². The maximum Gasteiger partial charge on any atom is 0.248 e. The molecule has 3 amide bonds. The van der Waals surface area contributed by atoms with Crippen LogP contribution in [0.25, 0.3) is 0 Å². The molecule has 5 atom stereocenters. The fraction of sp³-hybridized carbons (Fsp3) is 0.639. The minimum Gasteiger partial charge on any atom is -0.494 e. The highest BCUT2D eigenvalue weighted by atomic mass is 16.5. The largest absolute Gasteiger partial charge is 0.494 e. The Labute approximate surface area is 269 Å². The minimum atomic E-state index is -1.07. The van der Waals surface area contributed by atoms with Crippen molar-refractivity contribution < 1.29 is 29.0 Å². The van der Waals surface area contributed by atoms with Crippen LogP contribution in [0.4, 0.5) is 5.69 Å². The molecular weight excluding hydrogens is 570 g/mol. The molecule has 3 heterocycles. The second kappa shape index (κ2) is 15.4. The van der Waals surface area contributed by atoms with Gasteiger partial charge in [0.1, 0.15) is 17.4 Å². The number of likely N-dealkylation sites (tertiary alicyclic amines) is 1. The highest BCUT2D eigenvalue weighted by Gasteiger charge is 2.78. The highest BCUT2D eigenvalue weighted by molar-refractivity contribution is 6.03. The molecular formula is C36H53N3O6. The molecule has 1 N–H and O–H groups in total. The molecule has 0 radical (unpaired) electrons. The molecule has 9 nitrogen and oxygen atoms in total. The third kappa shape index (κ3) is 6.85. The number of fused-ring (bicyclic) bond motifs is 1. The van der Waals surface area contributed by atoms with Crippen molar-refractivity contribution in [3.05, 3.63) is 49.6 Å². The Morgan fingerprint density at radius 2 is 1.73 bits per heavy atom. The van der Waals surface area contributed by atoms with Crippen LogP contribution in [0.1, 0.15) is 78.6 Å². The molecule has 1 aromatic carbocycles. The molecule has 2 bridgehead atoms. The van der Waals surface area contributed by atoms with Gasteiger partial charge in [-0.25, -0.2) is 0 Å². The molecule has 3 aliphatic heterocycles. The second-order valence-electron chi connectivity index (χ2n) is 12.8. The third-order valence-corrected chi connectivity index (χ3v) is 9.81. The maximum absolute atomic E-state index is 14.6. The van der Waals surface area contributed by atoms with Crippen molar-refractivity contribution in [2.45, 2.75) is 95.8 Å². The second-order valence-corrected chi connectivity index (χ2v) is 12.8. The van der Waals surface area contributed by atoms with Gasteiger partial charge in [0, 0.05) is 38.5 Å². The van der Waals surface area contributed by atoms with Gasteiger partial charge in [-0.2, -0.15) is 0 Å². The molecule has 248 valence electrons. The van der Waals surface area contributed by atoms with Crippen LogP contribution in [0.2, 0.25) is 0 Å². The van der Waals surface area contributed by atoms with E-state index < -0.39 is 29.1 Å². The summed E-state index contributed by atoms with van der Waals surface area (Å²) in [6.45, 7) is 16.1. The van der Waals surface area contributed by atoms with E-state index in [-0.39, 0.29) is 30.9 Å². The van der Waals surface area contributed by atoms with Crippen LogP contribution in [-0.4, -0.2) is 89.3 Å². The number of ether oxygens (including phenoxy) is 2. The zero-order valence-electron chi connectivity index (χ0n) is 27.5. The summed E-state index contributed by atoms with van der Waals surface area (Å²) in [5, 5.41) is 9.23. The van der Waals surface area contributed by atoms with E-state index in [4.69, 9.17) is 9.47 Å². The topological polar surface area (TPSA) is 99.6 Å². The lowest BCUT2D eigenvalue weighted by atomic mass is 9.66. The number of carbonyl (C=O) groups is 3. The minimum absolute atomic E-state index is 0.121. The summed E-state index contributed by atoms with van der Waals surface area (Å²) >= 11 is 0. The summed E-state index contributed by atoms with van der Waals surface area (Å²) in [5.74, 6) is -1.27. The number of unbranched alkanes of at least 4 members (excludes halogenated alkanes) is 5. The Kier molecular flexibility index (Phi) is 11.9. The van der Waals surface area contributed by atoms with Crippen LogP contribution in [0.5, 0.6) is 5.75 Å². The average molecular weight is 624 g/mol. The summed E-state index contributed by atoms with van der Waals surface area (Å²) in [5.41, 5.74) is -1.26. The van der Waals surface area contributed by atoms with Crippen LogP contribution in [0.3, 0.4) is 0 Å². The average Bonchev–Trinajstić information content (AvgIpc) is 3.60. The molecule has 4 rings (SSSR count). The van der Waals surface area contributed by atoms with Crippen molar-refractivity contribution >= 4 is 23.4 Å². The van der Waals surface area contributed by atoms with Crippen LogP contribution < -0.4 is 9.64 Å². The molecule has 1 aromatic rings. The first-order valence-electron chi connectivity index (χ1n) is 16.9. The lowest BCUT2D eigenvalue weighted by molar-refractivity contribution is -0.151. The van der Waals surface area contributed by atoms with Gasteiger partial charge in [0.2, 0.25) is 17.7 Å². The number of nitrogens with zero attached hydrogens (tertiary/aromatic N) is 3. The fourth-order valence-electron chi connectivity index (χ4n) is 7.75. The van der Waals surface area contributed by atoms with Gasteiger partial charge >= 0.3 is 0 Å². The standard InChI is InChI=1S/C36H53N3O6/c1-6-10-13-24-37(22-7-2)34(43)31-36-21-20-35(5,45-36)29(30(36)33(42)39(31)25-14-11-12-15-26-40)32(41)38(23-8-3)27-16-18-28(19-17-27)44-9-4/h7-8,16-19,29-31,40H,2-3,6,9-15,20-26H2,1,4-5H3/t29-,30+,31?,35+,36?/m1/s1. The number of aliphatic hydroxyl groups excluding tert-OH is 1. The normalized spacial score (nSPS) is 26.5. The van der Waals surface area contributed by atoms with Crippen molar-refractivity contribution in [2.24, 2.45) is 11.8 Å². The van der Waals surface area contributed by atoms with Gasteiger partial charge in [-0.3, -0.25) is 14.4 Å². The van der Waals surface area contributed by atoms with Crippen molar-refractivity contribution in [2.75, 3.05) is 44.3 Å². The SMILES string of the molecule is C=CCN(CCCCC)C(=O)C1N(CCCCCCO)C(=O)[C@@H]2[C@H](C(=O)N(CC=C)c3ccc(OCC)cc3)[C@]3(C)CCC12O3. The zero-order chi connectivity index (χ0) is 32.6. The molecule has 0 saturated carbocycles. The lowest BCUT2D eigenvalue weighted by Crippen LogP contribution is -2.56. The predicted octanol–water partition coefficient (Wildman–Crippen LogP) is 5.13. The van der Waals surface area contributed by atoms with E-state index >= 15 is 0 Å².